The summed E-state index contributed by atoms with van der Waals surface area (Å²) in [5.41, 5.74) is 0.851. The Morgan fingerprint density at radius 3 is 2.60 bits per heavy atom. The van der Waals surface area contributed by atoms with Crippen molar-refractivity contribution in [3.63, 3.8) is 0 Å². The van der Waals surface area contributed by atoms with Crippen LogP contribution in [0.25, 0.3) is 0 Å². The van der Waals surface area contributed by atoms with Crippen LogP contribution in [-0.4, -0.2) is 34.2 Å². The molecule has 4 nitrogen and oxygen atoms in total. The number of carboxylic acid groups (broad SMARTS) is 1. The van der Waals surface area contributed by atoms with E-state index in [1.807, 2.05) is 24.3 Å². The Hall–Kier alpha value is -1.01. The summed E-state index contributed by atoms with van der Waals surface area (Å²) in [6.45, 7) is 0.580. The number of carboxylic acids is 1. The average Bonchev–Trinajstić information content (AvgIpc) is 2.78. The molecule has 1 heterocycles. The van der Waals surface area contributed by atoms with E-state index in [1.165, 1.54) is 0 Å². The highest BCUT2D eigenvalue weighted by Gasteiger charge is 2.35. The van der Waals surface area contributed by atoms with Crippen LogP contribution in [0.3, 0.4) is 0 Å². The predicted molar refractivity (Wildman–Crippen MR) is 82.8 cm³/mol. The van der Waals surface area contributed by atoms with Crippen molar-refractivity contribution < 1.29 is 14.7 Å². The molecule has 2 rings (SSSR count). The first-order valence-corrected chi connectivity index (χ1v) is 7.81. The van der Waals surface area contributed by atoms with Crippen LogP contribution in [0.2, 0.25) is 0 Å². The maximum Gasteiger partial charge on any atom is 0.305 e. The van der Waals surface area contributed by atoms with Gasteiger partial charge in [-0.25, -0.2) is 0 Å². The van der Waals surface area contributed by atoms with E-state index in [0.717, 1.165) is 10.0 Å². The molecule has 1 amide bonds. The first-order chi connectivity index (χ1) is 9.51. The number of benzene rings is 1. The van der Waals surface area contributed by atoms with Crippen LogP contribution >= 0.6 is 28.6 Å². The summed E-state index contributed by atoms with van der Waals surface area (Å²) < 4.78 is 0.927. The zero-order valence-corrected chi connectivity index (χ0v) is 13.3. The molecule has 2 unspecified atom stereocenters. The number of nitrogens with zero attached hydrogens (tertiary/aromatic N) is 1. The van der Waals surface area contributed by atoms with Crippen molar-refractivity contribution in [2.45, 2.75) is 18.9 Å². The minimum atomic E-state index is -0.903. The molecule has 20 heavy (non-hydrogen) atoms. The Balaban J connectivity index is 2.26. The fourth-order valence-corrected chi connectivity index (χ4v) is 3.00. The first kappa shape index (κ1) is 15.4. The Labute approximate surface area is 131 Å². The molecule has 0 aromatic heterocycles. The fourth-order valence-electron chi connectivity index (χ4n) is 2.49. The molecule has 0 aliphatic carbocycles. The first-order valence-electron chi connectivity index (χ1n) is 6.39. The second-order valence-corrected chi connectivity index (χ2v) is 6.24. The van der Waals surface area contributed by atoms with Crippen LogP contribution in [0.4, 0.5) is 0 Å². The van der Waals surface area contributed by atoms with Crippen molar-refractivity contribution in [3.05, 3.63) is 34.3 Å². The van der Waals surface area contributed by atoms with Gasteiger partial charge in [-0.05, 0) is 29.4 Å². The van der Waals surface area contributed by atoms with Crippen LogP contribution < -0.4 is 0 Å². The van der Waals surface area contributed by atoms with Gasteiger partial charge in [-0.15, -0.1) is 0 Å². The summed E-state index contributed by atoms with van der Waals surface area (Å²) in [6, 6.07) is 7.04. The van der Waals surface area contributed by atoms with Gasteiger partial charge in [-0.3, -0.25) is 9.59 Å². The van der Waals surface area contributed by atoms with Crippen LogP contribution in [0.15, 0.2) is 28.7 Å². The van der Waals surface area contributed by atoms with Crippen LogP contribution in [-0.2, 0) is 9.59 Å². The molecule has 0 radical (unpaired) electrons. The van der Waals surface area contributed by atoms with E-state index in [2.05, 4.69) is 28.6 Å². The van der Waals surface area contributed by atoms with Gasteiger partial charge in [-0.2, -0.15) is 12.6 Å². The molecule has 1 aliphatic rings. The number of thiol groups is 1. The van der Waals surface area contributed by atoms with Gasteiger partial charge in [0, 0.05) is 17.4 Å². The van der Waals surface area contributed by atoms with Crippen LogP contribution in [0.5, 0.6) is 0 Å². The van der Waals surface area contributed by atoms with Gasteiger partial charge in [0.05, 0.1) is 12.5 Å². The Morgan fingerprint density at radius 1 is 1.45 bits per heavy atom. The highest BCUT2D eigenvalue weighted by atomic mass is 79.9. The third-order valence-electron chi connectivity index (χ3n) is 3.50. The number of halogens is 1. The molecule has 1 fully saturated rings. The summed E-state index contributed by atoms with van der Waals surface area (Å²) in [7, 11) is 0. The lowest BCUT2D eigenvalue weighted by Crippen LogP contribution is -2.32. The molecule has 2 atom stereocenters. The molecule has 0 spiro atoms. The monoisotopic (exact) mass is 357 g/mol. The number of carbonyl (C=O) groups is 2. The third kappa shape index (κ3) is 3.55. The maximum atomic E-state index is 12.1. The van der Waals surface area contributed by atoms with E-state index in [9.17, 15) is 9.59 Å². The van der Waals surface area contributed by atoms with E-state index in [1.54, 1.807) is 4.90 Å². The lowest BCUT2D eigenvalue weighted by Gasteiger charge is -2.27. The lowest BCUT2D eigenvalue weighted by atomic mass is 10.0. The molecule has 0 bridgehead atoms. The summed E-state index contributed by atoms with van der Waals surface area (Å²) in [4.78, 5) is 24.9. The largest absolute Gasteiger partial charge is 0.481 e. The smallest absolute Gasteiger partial charge is 0.305 e. The van der Waals surface area contributed by atoms with Gasteiger partial charge in [0.1, 0.15) is 0 Å². The van der Waals surface area contributed by atoms with Gasteiger partial charge in [0.25, 0.3) is 0 Å². The standard InChI is InChI=1S/C14H16BrNO3S/c15-11-3-1-10(2-4-11)12(6-14(18)19)16-7-9(8-20)5-13(16)17/h1-4,9,12,20H,5-8H2,(H,18,19). The van der Waals surface area contributed by atoms with Crippen LogP contribution in [0, 0.1) is 5.92 Å². The molecular weight excluding hydrogens is 342 g/mol. The normalized spacial score (nSPS) is 20.2. The Morgan fingerprint density at radius 2 is 2.10 bits per heavy atom. The van der Waals surface area contributed by atoms with Gasteiger partial charge in [0.15, 0.2) is 0 Å². The highest BCUT2D eigenvalue weighted by molar-refractivity contribution is 9.10. The number of likely N-dealkylation sites (tertiary alicyclic amines) is 1. The minimum absolute atomic E-state index is 0.0122. The Kier molecular flexibility index (Phi) is 5.10. The van der Waals surface area contributed by atoms with Crippen molar-refractivity contribution in [1.82, 2.24) is 4.90 Å². The lowest BCUT2D eigenvalue weighted by molar-refractivity contribution is -0.139. The second kappa shape index (κ2) is 6.63. The molecule has 6 heteroatoms. The molecule has 0 saturated carbocycles. The number of amides is 1. The van der Waals surface area contributed by atoms with Crippen molar-refractivity contribution in [1.29, 1.82) is 0 Å². The molecular formula is C14H16BrNO3S. The van der Waals surface area contributed by atoms with Gasteiger partial charge in [-0.1, -0.05) is 28.1 Å². The number of carbonyl (C=O) groups excluding carboxylic acids is 1. The number of rotatable bonds is 5. The summed E-state index contributed by atoms with van der Waals surface area (Å²) >= 11 is 7.59. The molecule has 108 valence electrons. The number of hydrogen-bond donors (Lipinski definition) is 2. The molecule has 1 aliphatic heterocycles. The summed E-state index contributed by atoms with van der Waals surface area (Å²) in [5, 5.41) is 9.11. The van der Waals surface area contributed by atoms with Gasteiger partial charge < -0.3 is 10.0 Å². The molecule has 1 aromatic rings. The Bertz CT molecular complexity index is 506. The van der Waals surface area contributed by atoms with Gasteiger partial charge in [0.2, 0.25) is 5.91 Å². The zero-order valence-electron chi connectivity index (χ0n) is 10.8. The fraction of sp³-hybridized carbons (Fsp3) is 0.429. The second-order valence-electron chi connectivity index (χ2n) is 4.96. The van der Waals surface area contributed by atoms with E-state index in [4.69, 9.17) is 5.11 Å². The third-order valence-corrected chi connectivity index (χ3v) is 4.54. The summed E-state index contributed by atoms with van der Waals surface area (Å²) in [5.74, 6) is -0.0432. The van der Waals surface area contributed by atoms with Crippen molar-refractivity contribution in [3.8, 4) is 0 Å². The zero-order chi connectivity index (χ0) is 14.7. The SMILES string of the molecule is O=C(O)CC(c1ccc(Br)cc1)N1CC(CS)CC1=O. The molecule has 1 N–H and O–H groups in total. The quantitative estimate of drug-likeness (QED) is 0.796. The predicted octanol–water partition coefficient (Wildman–Crippen LogP) is 2.74. The number of aliphatic carboxylic acids is 1. The maximum absolute atomic E-state index is 12.1. The number of hydrogen-bond acceptors (Lipinski definition) is 3. The topological polar surface area (TPSA) is 57.6 Å². The van der Waals surface area contributed by atoms with E-state index >= 15 is 0 Å². The molecule has 1 aromatic carbocycles. The summed E-state index contributed by atoms with van der Waals surface area (Å²) in [6.07, 6.45) is 0.378. The van der Waals surface area contributed by atoms with Crippen molar-refractivity contribution >= 4 is 40.4 Å². The molecule has 1 saturated heterocycles. The van der Waals surface area contributed by atoms with E-state index < -0.39 is 12.0 Å². The average molecular weight is 358 g/mol. The minimum Gasteiger partial charge on any atom is -0.481 e. The van der Waals surface area contributed by atoms with Crippen molar-refractivity contribution in [2.24, 2.45) is 5.92 Å². The van der Waals surface area contributed by atoms with E-state index in [-0.39, 0.29) is 18.2 Å². The van der Waals surface area contributed by atoms with Crippen LogP contribution in [0.1, 0.15) is 24.4 Å². The highest BCUT2D eigenvalue weighted by Crippen LogP contribution is 2.32. The van der Waals surface area contributed by atoms with Crippen molar-refractivity contribution in [2.75, 3.05) is 12.3 Å². The van der Waals surface area contributed by atoms with E-state index in [0.29, 0.717) is 18.7 Å². The van der Waals surface area contributed by atoms with Gasteiger partial charge >= 0.3 is 5.97 Å².